The van der Waals surface area contributed by atoms with Crippen molar-refractivity contribution in [2.24, 2.45) is 5.73 Å². The van der Waals surface area contributed by atoms with Crippen molar-refractivity contribution < 1.29 is 19.1 Å². The van der Waals surface area contributed by atoms with E-state index >= 15 is 0 Å². The van der Waals surface area contributed by atoms with E-state index in [1.54, 1.807) is 7.11 Å². The third-order valence-electron chi connectivity index (χ3n) is 2.44. The Morgan fingerprint density at radius 2 is 2.00 bits per heavy atom. The Bertz CT molecular complexity index is 246. The fourth-order valence-corrected chi connectivity index (χ4v) is 1.41. The lowest BCUT2D eigenvalue weighted by Gasteiger charge is -2.15. The van der Waals surface area contributed by atoms with Crippen molar-refractivity contribution in [2.45, 2.75) is 32.2 Å². The average Bonchev–Trinajstić information content (AvgIpc) is 2.33. The van der Waals surface area contributed by atoms with Gasteiger partial charge in [0.1, 0.15) is 6.61 Å². The fraction of sp³-hybridized carbons (Fsp3) is 0.833. The molecule has 0 aliphatic carbocycles. The second-order valence-corrected chi connectivity index (χ2v) is 4.06. The Labute approximate surface area is 108 Å². The minimum absolute atomic E-state index is 0.0442. The lowest BCUT2D eigenvalue weighted by molar-refractivity contribution is -0.130. The lowest BCUT2D eigenvalue weighted by Crippen LogP contribution is -2.41. The van der Waals surface area contributed by atoms with E-state index in [0.29, 0.717) is 26.2 Å². The molecule has 106 valence electrons. The molecule has 0 heterocycles. The highest BCUT2D eigenvalue weighted by molar-refractivity contribution is 5.87. The van der Waals surface area contributed by atoms with E-state index in [1.165, 1.54) is 6.92 Å². The Balaban J connectivity index is 3.85. The van der Waals surface area contributed by atoms with Crippen LogP contribution in [0, 0.1) is 0 Å². The van der Waals surface area contributed by atoms with Gasteiger partial charge in [-0.2, -0.15) is 0 Å². The smallest absolute Gasteiger partial charge is 0.246 e. The Morgan fingerprint density at radius 3 is 2.56 bits per heavy atom. The number of ether oxygens (including phenoxy) is 2. The zero-order valence-corrected chi connectivity index (χ0v) is 11.2. The molecule has 3 N–H and O–H groups in total. The van der Waals surface area contributed by atoms with Crippen molar-refractivity contribution in [3.63, 3.8) is 0 Å². The molecule has 0 aromatic rings. The molecule has 0 saturated carbocycles. The predicted molar refractivity (Wildman–Crippen MR) is 68.2 cm³/mol. The highest BCUT2D eigenvalue weighted by Crippen LogP contribution is 2.01. The van der Waals surface area contributed by atoms with Crippen LogP contribution in [0.2, 0.25) is 0 Å². The van der Waals surface area contributed by atoms with Crippen LogP contribution in [0.1, 0.15) is 26.2 Å². The molecule has 0 aromatic carbocycles. The number of carbonyl (C=O) groups is 2. The first-order valence-corrected chi connectivity index (χ1v) is 6.18. The number of hydrogen-bond donors (Lipinski definition) is 2. The van der Waals surface area contributed by atoms with Crippen LogP contribution in [0.15, 0.2) is 0 Å². The molecule has 6 nitrogen and oxygen atoms in total. The molecule has 0 aliphatic heterocycles. The number of unbranched alkanes of at least 4 members (excludes halogenated alkanes) is 1. The number of rotatable bonds is 11. The second kappa shape index (κ2) is 11.1. The molecule has 1 atom stereocenters. The molecule has 0 aromatic heterocycles. The number of Topliss-reactive ketones (excluding diaryl/α,β-unsaturated/α-hetero) is 1. The van der Waals surface area contributed by atoms with Crippen LogP contribution in [0.4, 0.5) is 0 Å². The van der Waals surface area contributed by atoms with Gasteiger partial charge in [-0.15, -0.1) is 0 Å². The van der Waals surface area contributed by atoms with Crippen molar-refractivity contribution in [3.8, 4) is 0 Å². The number of methoxy groups -OCH3 is 1. The summed E-state index contributed by atoms with van der Waals surface area (Å²) in [5.74, 6) is -0.323. The van der Waals surface area contributed by atoms with Crippen molar-refractivity contribution in [1.82, 2.24) is 5.32 Å². The quantitative estimate of drug-likeness (QED) is 0.504. The minimum Gasteiger partial charge on any atom is -0.382 e. The van der Waals surface area contributed by atoms with Crippen LogP contribution in [0.3, 0.4) is 0 Å². The molecular formula is C12H24N2O4. The number of ketones is 1. The highest BCUT2D eigenvalue weighted by atomic mass is 16.5. The molecule has 0 spiro atoms. The van der Waals surface area contributed by atoms with E-state index in [0.717, 1.165) is 12.8 Å². The number of carbonyl (C=O) groups excluding carboxylic acids is 2. The van der Waals surface area contributed by atoms with Crippen LogP contribution in [-0.2, 0) is 19.1 Å². The minimum atomic E-state index is -0.435. The van der Waals surface area contributed by atoms with Crippen molar-refractivity contribution in [3.05, 3.63) is 0 Å². The molecule has 18 heavy (non-hydrogen) atoms. The summed E-state index contributed by atoms with van der Waals surface area (Å²) < 4.78 is 9.86. The number of nitrogens with two attached hydrogens (primary N) is 1. The van der Waals surface area contributed by atoms with Crippen LogP contribution < -0.4 is 11.1 Å². The van der Waals surface area contributed by atoms with E-state index in [-0.39, 0.29) is 18.3 Å². The standard InChI is InChI=1S/C12H24N2O4/c1-10(15)11(5-3-4-6-13)14-12(16)9-18-8-7-17-2/h11H,3-9,13H2,1-2H3,(H,14,16)/t11-/m0/s1. The van der Waals surface area contributed by atoms with Gasteiger partial charge in [-0.05, 0) is 32.7 Å². The molecule has 6 heteroatoms. The van der Waals surface area contributed by atoms with Crippen LogP contribution in [-0.4, -0.2) is 51.2 Å². The van der Waals surface area contributed by atoms with Crippen LogP contribution >= 0.6 is 0 Å². The summed E-state index contributed by atoms with van der Waals surface area (Å²) in [6, 6.07) is -0.435. The summed E-state index contributed by atoms with van der Waals surface area (Å²) in [4.78, 5) is 22.8. The number of amides is 1. The normalized spacial score (nSPS) is 12.2. The van der Waals surface area contributed by atoms with Gasteiger partial charge in [-0.3, -0.25) is 9.59 Å². The summed E-state index contributed by atoms with van der Waals surface area (Å²) in [6.45, 7) is 2.82. The Morgan fingerprint density at radius 1 is 1.28 bits per heavy atom. The van der Waals surface area contributed by atoms with E-state index in [9.17, 15) is 9.59 Å². The van der Waals surface area contributed by atoms with Crippen LogP contribution in [0.25, 0.3) is 0 Å². The number of hydrogen-bond acceptors (Lipinski definition) is 5. The monoisotopic (exact) mass is 260 g/mol. The van der Waals surface area contributed by atoms with Gasteiger partial charge in [-0.25, -0.2) is 0 Å². The molecule has 0 unspecified atom stereocenters. The SMILES string of the molecule is COCCOCC(=O)N[C@@H](CCCCN)C(C)=O. The van der Waals surface area contributed by atoms with E-state index in [4.69, 9.17) is 15.2 Å². The largest absolute Gasteiger partial charge is 0.382 e. The maximum absolute atomic E-state index is 11.5. The summed E-state index contributed by atoms with van der Waals surface area (Å²) in [7, 11) is 1.56. The molecule has 0 radical (unpaired) electrons. The van der Waals surface area contributed by atoms with Crippen molar-refractivity contribution >= 4 is 11.7 Å². The highest BCUT2D eigenvalue weighted by Gasteiger charge is 2.16. The lowest BCUT2D eigenvalue weighted by atomic mass is 10.1. The van der Waals surface area contributed by atoms with Gasteiger partial charge in [0, 0.05) is 7.11 Å². The Kier molecular flexibility index (Phi) is 10.5. The molecule has 0 bridgehead atoms. The van der Waals surface area contributed by atoms with Gasteiger partial charge >= 0.3 is 0 Å². The summed E-state index contributed by atoms with van der Waals surface area (Å²) >= 11 is 0. The van der Waals surface area contributed by atoms with Gasteiger partial charge < -0.3 is 20.5 Å². The molecule has 0 aliphatic rings. The van der Waals surface area contributed by atoms with Crippen LogP contribution in [0.5, 0.6) is 0 Å². The first-order chi connectivity index (χ1) is 8.61. The Hall–Kier alpha value is -0.980. The topological polar surface area (TPSA) is 90.7 Å². The molecular weight excluding hydrogens is 236 g/mol. The molecule has 0 rings (SSSR count). The van der Waals surface area contributed by atoms with Crippen molar-refractivity contribution in [2.75, 3.05) is 33.5 Å². The average molecular weight is 260 g/mol. The predicted octanol–water partition coefficient (Wildman–Crippen LogP) is -0.148. The summed E-state index contributed by atoms with van der Waals surface area (Å²) in [6.07, 6.45) is 2.30. The van der Waals surface area contributed by atoms with Crippen molar-refractivity contribution in [1.29, 1.82) is 0 Å². The first-order valence-electron chi connectivity index (χ1n) is 6.18. The first kappa shape index (κ1) is 17.0. The van der Waals surface area contributed by atoms with Gasteiger partial charge in [0.2, 0.25) is 5.91 Å². The molecule has 0 fully saturated rings. The molecule has 1 amide bonds. The van der Waals surface area contributed by atoms with Gasteiger partial charge in [0.25, 0.3) is 0 Å². The number of nitrogens with one attached hydrogen (secondary N) is 1. The zero-order valence-electron chi connectivity index (χ0n) is 11.2. The van der Waals surface area contributed by atoms with Gasteiger partial charge in [-0.1, -0.05) is 0 Å². The fourth-order valence-electron chi connectivity index (χ4n) is 1.41. The third kappa shape index (κ3) is 9.09. The zero-order chi connectivity index (χ0) is 13.8. The summed E-state index contributed by atoms with van der Waals surface area (Å²) in [5, 5.41) is 2.66. The van der Waals surface area contributed by atoms with E-state index in [1.807, 2.05) is 0 Å². The second-order valence-electron chi connectivity index (χ2n) is 4.06. The van der Waals surface area contributed by atoms with E-state index < -0.39 is 6.04 Å². The summed E-state index contributed by atoms with van der Waals surface area (Å²) in [5.41, 5.74) is 5.38. The van der Waals surface area contributed by atoms with Gasteiger partial charge in [0.05, 0.1) is 19.3 Å². The maximum Gasteiger partial charge on any atom is 0.246 e. The maximum atomic E-state index is 11.5. The third-order valence-corrected chi connectivity index (χ3v) is 2.44. The van der Waals surface area contributed by atoms with Gasteiger partial charge in [0.15, 0.2) is 5.78 Å². The van der Waals surface area contributed by atoms with E-state index in [2.05, 4.69) is 5.32 Å². The molecule has 0 saturated heterocycles.